The Bertz CT molecular complexity index is 418. The first-order valence-electron chi connectivity index (χ1n) is 5.74. The van der Waals surface area contributed by atoms with Crippen molar-refractivity contribution in [3.63, 3.8) is 0 Å². The van der Waals surface area contributed by atoms with Crippen molar-refractivity contribution in [3.05, 3.63) is 22.1 Å². The molecule has 0 radical (unpaired) electrons. The number of nitrogens with one attached hydrogen (secondary N) is 4. The van der Waals surface area contributed by atoms with E-state index in [1.807, 2.05) is 0 Å². The summed E-state index contributed by atoms with van der Waals surface area (Å²) < 4.78 is 0. The number of carbonyl (C=O) groups is 1. The molecule has 0 aliphatic carbocycles. The summed E-state index contributed by atoms with van der Waals surface area (Å²) >= 11 is 0. The molecule has 94 valence electrons. The summed E-state index contributed by atoms with van der Waals surface area (Å²) in [5.41, 5.74) is -0.0208. The normalized spacial score (nSPS) is 16.9. The Balaban J connectivity index is 1.71. The molecule has 1 amide bonds. The van der Waals surface area contributed by atoms with Crippen LogP contribution in [0.25, 0.3) is 0 Å². The van der Waals surface area contributed by atoms with Crippen LogP contribution in [0.5, 0.6) is 0 Å². The molecule has 4 N–H and O–H groups in total. The van der Waals surface area contributed by atoms with Crippen LogP contribution in [-0.4, -0.2) is 60.3 Å². The fourth-order valence-corrected chi connectivity index (χ4v) is 1.81. The maximum atomic E-state index is 11.6. The second-order valence-corrected chi connectivity index (χ2v) is 4.02. The van der Waals surface area contributed by atoms with Crippen molar-refractivity contribution < 1.29 is 4.79 Å². The van der Waals surface area contributed by atoms with Crippen LogP contribution in [0.15, 0.2) is 10.9 Å². The highest BCUT2D eigenvalue weighted by Gasteiger charge is 2.10. The van der Waals surface area contributed by atoms with Gasteiger partial charge in [0, 0.05) is 45.3 Å². The van der Waals surface area contributed by atoms with Gasteiger partial charge in [-0.25, -0.2) is 0 Å². The molecular weight excluding hydrogens is 222 g/mol. The van der Waals surface area contributed by atoms with Crippen LogP contribution in [-0.2, 0) is 0 Å². The SMILES string of the molecule is O=C(NCCN1CCNCC1)c1cc(=O)[nH][nH]1. The summed E-state index contributed by atoms with van der Waals surface area (Å²) in [4.78, 5) is 24.7. The molecule has 0 aromatic carbocycles. The zero-order chi connectivity index (χ0) is 12.1. The van der Waals surface area contributed by atoms with E-state index in [0.717, 1.165) is 32.7 Å². The lowest BCUT2D eigenvalue weighted by molar-refractivity contribution is 0.0942. The van der Waals surface area contributed by atoms with E-state index in [0.29, 0.717) is 6.54 Å². The molecule has 0 bridgehead atoms. The zero-order valence-corrected chi connectivity index (χ0v) is 9.58. The van der Waals surface area contributed by atoms with Gasteiger partial charge in [0.25, 0.3) is 11.5 Å². The van der Waals surface area contributed by atoms with E-state index in [2.05, 4.69) is 25.7 Å². The van der Waals surface area contributed by atoms with Gasteiger partial charge in [0.05, 0.1) is 0 Å². The van der Waals surface area contributed by atoms with Gasteiger partial charge in [0.1, 0.15) is 5.69 Å². The largest absolute Gasteiger partial charge is 0.349 e. The quantitative estimate of drug-likeness (QED) is 0.506. The molecule has 1 aromatic rings. The fourth-order valence-electron chi connectivity index (χ4n) is 1.81. The predicted molar refractivity (Wildman–Crippen MR) is 63.1 cm³/mol. The Kier molecular flexibility index (Phi) is 3.94. The minimum Gasteiger partial charge on any atom is -0.349 e. The monoisotopic (exact) mass is 239 g/mol. The van der Waals surface area contributed by atoms with E-state index in [1.165, 1.54) is 6.07 Å². The van der Waals surface area contributed by atoms with E-state index < -0.39 is 0 Å². The van der Waals surface area contributed by atoms with Gasteiger partial charge >= 0.3 is 0 Å². The number of amides is 1. The van der Waals surface area contributed by atoms with E-state index >= 15 is 0 Å². The summed E-state index contributed by atoms with van der Waals surface area (Å²) in [6, 6.07) is 1.25. The molecule has 0 atom stereocenters. The van der Waals surface area contributed by atoms with Gasteiger partial charge in [-0.2, -0.15) is 0 Å². The van der Waals surface area contributed by atoms with Crippen LogP contribution in [0.3, 0.4) is 0 Å². The minimum absolute atomic E-state index is 0.251. The van der Waals surface area contributed by atoms with E-state index in [1.54, 1.807) is 0 Å². The molecule has 1 aliphatic heterocycles. The molecule has 1 fully saturated rings. The first-order chi connectivity index (χ1) is 8.25. The number of aromatic amines is 2. The third kappa shape index (κ3) is 3.43. The number of carbonyl (C=O) groups excluding carboxylic acids is 1. The second kappa shape index (κ2) is 5.65. The maximum absolute atomic E-state index is 11.6. The molecule has 0 saturated carbocycles. The smallest absolute Gasteiger partial charge is 0.269 e. The lowest BCUT2D eigenvalue weighted by atomic mass is 10.3. The molecule has 1 aliphatic rings. The van der Waals surface area contributed by atoms with Crippen molar-refractivity contribution >= 4 is 5.91 Å². The first-order valence-corrected chi connectivity index (χ1v) is 5.74. The van der Waals surface area contributed by atoms with Crippen LogP contribution >= 0.6 is 0 Å². The highest BCUT2D eigenvalue weighted by molar-refractivity contribution is 5.92. The van der Waals surface area contributed by atoms with Gasteiger partial charge < -0.3 is 10.6 Å². The molecule has 2 heterocycles. The van der Waals surface area contributed by atoms with Crippen molar-refractivity contribution in [1.29, 1.82) is 0 Å². The summed E-state index contributed by atoms with van der Waals surface area (Å²) in [6.07, 6.45) is 0. The average molecular weight is 239 g/mol. The minimum atomic E-state index is -0.294. The van der Waals surface area contributed by atoms with Gasteiger partial charge in [-0.05, 0) is 0 Å². The van der Waals surface area contributed by atoms with Crippen molar-refractivity contribution in [3.8, 4) is 0 Å². The van der Waals surface area contributed by atoms with Gasteiger partial charge in [-0.3, -0.25) is 24.7 Å². The second-order valence-electron chi connectivity index (χ2n) is 4.02. The van der Waals surface area contributed by atoms with Gasteiger partial charge in [0.15, 0.2) is 0 Å². The van der Waals surface area contributed by atoms with E-state index in [4.69, 9.17) is 0 Å². The number of hydrogen-bond donors (Lipinski definition) is 4. The molecule has 7 heteroatoms. The van der Waals surface area contributed by atoms with Gasteiger partial charge in [-0.15, -0.1) is 0 Å². The van der Waals surface area contributed by atoms with Gasteiger partial charge in [0.2, 0.25) is 0 Å². The molecule has 0 unspecified atom stereocenters. The number of piperazine rings is 1. The summed E-state index contributed by atoms with van der Waals surface area (Å²) in [6.45, 7) is 5.44. The van der Waals surface area contributed by atoms with Crippen LogP contribution in [0, 0.1) is 0 Å². The van der Waals surface area contributed by atoms with Crippen LogP contribution in [0.2, 0.25) is 0 Å². The summed E-state index contributed by atoms with van der Waals surface area (Å²) in [5, 5.41) is 10.9. The standard InChI is InChI=1S/C10H17N5O2/c16-9-7-8(13-14-9)10(17)12-3-6-15-4-1-11-2-5-15/h7,11H,1-6H2,(H,12,17)(H2,13,14,16). The average Bonchev–Trinajstić information content (AvgIpc) is 2.77. The molecule has 1 saturated heterocycles. The Morgan fingerprint density at radius 2 is 2.12 bits per heavy atom. The Morgan fingerprint density at radius 3 is 2.76 bits per heavy atom. The molecule has 0 spiro atoms. The third-order valence-electron chi connectivity index (χ3n) is 2.76. The van der Waals surface area contributed by atoms with Crippen LogP contribution in [0.1, 0.15) is 10.5 Å². The topological polar surface area (TPSA) is 93.0 Å². The Morgan fingerprint density at radius 1 is 1.35 bits per heavy atom. The Hall–Kier alpha value is -1.60. The lowest BCUT2D eigenvalue weighted by Gasteiger charge is -2.26. The molecular formula is C10H17N5O2. The fraction of sp³-hybridized carbons (Fsp3) is 0.600. The number of aromatic nitrogens is 2. The lowest BCUT2D eigenvalue weighted by Crippen LogP contribution is -2.46. The zero-order valence-electron chi connectivity index (χ0n) is 9.58. The third-order valence-corrected chi connectivity index (χ3v) is 2.76. The highest BCUT2D eigenvalue weighted by Crippen LogP contribution is 1.91. The predicted octanol–water partition coefficient (Wildman–Crippen LogP) is -1.66. The summed E-state index contributed by atoms with van der Waals surface area (Å²) in [7, 11) is 0. The van der Waals surface area contributed by atoms with E-state index in [9.17, 15) is 9.59 Å². The van der Waals surface area contributed by atoms with Crippen molar-refractivity contribution in [2.24, 2.45) is 0 Å². The maximum Gasteiger partial charge on any atom is 0.269 e. The number of nitrogens with zero attached hydrogens (tertiary/aromatic N) is 1. The van der Waals surface area contributed by atoms with Crippen LogP contribution < -0.4 is 16.2 Å². The summed E-state index contributed by atoms with van der Waals surface area (Å²) in [5.74, 6) is -0.251. The number of H-pyrrole nitrogens is 2. The molecule has 1 aromatic heterocycles. The van der Waals surface area contributed by atoms with E-state index in [-0.39, 0.29) is 17.2 Å². The number of rotatable bonds is 4. The number of hydrogen-bond acceptors (Lipinski definition) is 4. The van der Waals surface area contributed by atoms with Gasteiger partial charge in [-0.1, -0.05) is 0 Å². The van der Waals surface area contributed by atoms with Crippen LogP contribution in [0.4, 0.5) is 0 Å². The first kappa shape index (κ1) is 11.9. The molecule has 2 rings (SSSR count). The van der Waals surface area contributed by atoms with Crippen molar-refractivity contribution in [2.45, 2.75) is 0 Å². The van der Waals surface area contributed by atoms with Crippen molar-refractivity contribution in [2.75, 3.05) is 39.3 Å². The molecule has 17 heavy (non-hydrogen) atoms. The van der Waals surface area contributed by atoms with Crippen molar-refractivity contribution in [1.82, 2.24) is 25.7 Å². The highest BCUT2D eigenvalue weighted by atomic mass is 16.2. The Labute approximate surface area is 98.6 Å². The molecule has 7 nitrogen and oxygen atoms in total.